The third kappa shape index (κ3) is 3.98. The molecule has 0 spiro atoms. The summed E-state index contributed by atoms with van der Waals surface area (Å²) in [5.74, 6) is 0.921. The van der Waals surface area contributed by atoms with Crippen LogP contribution in [0.25, 0.3) is 0 Å². The lowest BCUT2D eigenvalue weighted by Crippen LogP contribution is -2.34. The predicted molar refractivity (Wildman–Crippen MR) is 95.0 cm³/mol. The first-order valence-electron chi connectivity index (χ1n) is 7.19. The van der Waals surface area contributed by atoms with Gasteiger partial charge in [-0.25, -0.2) is 0 Å². The van der Waals surface area contributed by atoms with Crippen molar-refractivity contribution in [2.24, 2.45) is 0 Å². The summed E-state index contributed by atoms with van der Waals surface area (Å²) >= 11 is 2.23. The minimum Gasteiger partial charge on any atom is -0.492 e. The molecule has 22 heavy (non-hydrogen) atoms. The van der Waals surface area contributed by atoms with E-state index in [9.17, 15) is 4.79 Å². The van der Waals surface area contributed by atoms with E-state index in [-0.39, 0.29) is 5.91 Å². The Morgan fingerprint density at radius 3 is 2.95 bits per heavy atom. The molecule has 5 heteroatoms. The molecule has 2 aromatic carbocycles. The van der Waals surface area contributed by atoms with E-state index in [4.69, 9.17) is 4.74 Å². The molecule has 1 amide bonds. The highest BCUT2D eigenvalue weighted by Crippen LogP contribution is 2.22. The smallest absolute Gasteiger partial charge is 0.238 e. The van der Waals surface area contributed by atoms with Gasteiger partial charge in [-0.15, -0.1) is 0 Å². The van der Waals surface area contributed by atoms with E-state index in [1.165, 1.54) is 0 Å². The van der Waals surface area contributed by atoms with Crippen molar-refractivity contribution in [3.63, 3.8) is 0 Å². The Balaban J connectivity index is 1.62. The summed E-state index contributed by atoms with van der Waals surface area (Å²) in [6.07, 6.45) is 0. The van der Waals surface area contributed by atoms with E-state index >= 15 is 0 Å². The normalized spacial score (nSPS) is 14.6. The lowest BCUT2D eigenvalue weighted by molar-refractivity contribution is -0.117. The Morgan fingerprint density at radius 1 is 1.23 bits per heavy atom. The molecule has 2 aromatic rings. The number of nitrogens with zero attached hydrogens (tertiary/aromatic N) is 1. The van der Waals surface area contributed by atoms with Gasteiger partial charge in [0.2, 0.25) is 5.91 Å². The summed E-state index contributed by atoms with van der Waals surface area (Å²) in [7, 11) is 0. The number of amides is 1. The van der Waals surface area contributed by atoms with Crippen LogP contribution in [0.3, 0.4) is 0 Å². The Kier molecular flexibility index (Phi) is 4.94. The summed E-state index contributed by atoms with van der Waals surface area (Å²) in [6.45, 7) is 2.45. The highest BCUT2D eigenvalue weighted by Gasteiger charge is 2.17. The summed E-state index contributed by atoms with van der Waals surface area (Å²) in [6, 6.07) is 15.8. The maximum Gasteiger partial charge on any atom is 0.238 e. The fraction of sp³-hybridized carbons (Fsp3) is 0.235. The number of hydrogen-bond donors (Lipinski definition) is 1. The number of para-hydroxylation sites is 1. The van der Waals surface area contributed by atoms with E-state index in [0.717, 1.165) is 33.7 Å². The molecule has 0 aliphatic carbocycles. The van der Waals surface area contributed by atoms with Gasteiger partial charge in [-0.3, -0.25) is 9.69 Å². The average molecular weight is 408 g/mol. The first-order valence-corrected chi connectivity index (χ1v) is 8.27. The average Bonchev–Trinajstić information content (AvgIpc) is 2.68. The number of benzene rings is 2. The standard InChI is InChI=1S/C17H17IN2O2/c18-14-5-3-6-15(10-14)19-17(21)12-20-8-9-22-16-7-2-1-4-13(16)11-20/h1-7,10H,8-9,11-12H2,(H,19,21). The molecule has 0 bridgehead atoms. The van der Waals surface area contributed by atoms with Gasteiger partial charge in [-0.2, -0.15) is 0 Å². The monoisotopic (exact) mass is 408 g/mol. The Morgan fingerprint density at radius 2 is 2.09 bits per heavy atom. The lowest BCUT2D eigenvalue weighted by atomic mass is 10.2. The number of halogens is 1. The number of ether oxygens (including phenoxy) is 1. The number of rotatable bonds is 3. The minimum absolute atomic E-state index is 0.00128. The van der Waals surface area contributed by atoms with Gasteiger partial charge in [-0.05, 0) is 46.9 Å². The van der Waals surface area contributed by atoms with E-state index in [2.05, 4.69) is 32.8 Å². The van der Waals surface area contributed by atoms with Crippen LogP contribution in [0.2, 0.25) is 0 Å². The van der Waals surface area contributed by atoms with E-state index in [0.29, 0.717) is 13.2 Å². The predicted octanol–water partition coefficient (Wildman–Crippen LogP) is 3.12. The third-order valence-electron chi connectivity index (χ3n) is 3.51. The quantitative estimate of drug-likeness (QED) is 0.794. The minimum atomic E-state index is 0.00128. The molecule has 0 saturated carbocycles. The zero-order valence-corrected chi connectivity index (χ0v) is 14.2. The molecule has 4 nitrogen and oxygen atoms in total. The van der Waals surface area contributed by atoms with Crippen LogP contribution in [0.15, 0.2) is 48.5 Å². The molecule has 1 heterocycles. The second-order valence-electron chi connectivity index (χ2n) is 5.23. The number of hydrogen-bond acceptors (Lipinski definition) is 3. The maximum absolute atomic E-state index is 12.2. The number of carbonyl (C=O) groups is 1. The zero-order chi connectivity index (χ0) is 15.4. The van der Waals surface area contributed by atoms with Gasteiger partial charge in [-0.1, -0.05) is 24.3 Å². The SMILES string of the molecule is O=C(CN1CCOc2ccccc2C1)Nc1cccc(I)c1. The van der Waals surface area contributed by atoms with Crippen LogP contribution >= 0.6 is 22.6 Å². The van der Waals surface area contributed by atoms with Crippen molar-refractivity contribution in [1.29, 1.82) is 0 Å². The number of carbonyl (C=O) groups excluding carboxylic acids is 1. The van der Waals surface area contributed by atoms with Gasteiger partial charge >= 0.3 is 0 Å². The first kappa shape index (κ1) is 15.3. The van der Waals surface area contributed by atoms with Crippen LogP contribution in [-0.4, -0.2) is 30.5 Å². The van der Waals surface area contributed by atoms with Crippen molar-refractivity contribution in [1.82, 2.24) is 4.90 Å². The molecular formula is C17H17IN2O2. The Bertz CT molecular complexity index is 675. The second kappa shape index (κ2) is 7.11. The van der Waals surface area contributed by atoms with Gasteiger partial charge in [0.25, 0.3) is 0 Å². The van der Waals surface area contributed by atoms with Gasteiger partial charge in [0.1, 0.15) is 12.4 Å². The highest BCUT2D eigenvalue weighted by atomic mass is 127. The van der Waals surface area contributed by atoms with Crippen LogP contribution in [0.4, 0.5) is 5.69 Å². The molecule has 0 unspecified atom stereocenters. The summed E-state index contributed by atoms with van der Waals surface area (Å²) in [4.78, 5) is 14.3. The van der Waals surface area contributed by atoms with Crippen LogP contribution in [0.1, 0.15) is 5.56 Å². The largest absolute Gasteiger partial charge is 0.492 e. The molecule has 0 radical (unpaired) electrons. The lowest BCUT2D eigenvalue weighted by Gasteiger charge is -2.18. The first-order chi connectivity index (χ1) is 10.7. The van der Waals surface area contributed by atoms with Gasteiger partial charge in [0, 0.05) is 27.9 Å². The third-order valence-corrected chi connectivity index (χ3v) is 4.18. The van der Waals surface area contributed by atoms with Crippen LogP contribution < -0.4 is 10.1 Å². The zero-order valence-electron chi connectivity index (χ0n) is 12.1. The van der Waals surface area contributed by atoms with Crippen molar-refractivity contribution < 1.29 is 9.53 Å². The van der Waals surface area contributed by atoms with Crippen LogP contribution in [0, 0.1) is 3.57 Å². The van der Waals surface area contributed by atoms with Gasteiger partial charge < -0.3 is 10.1 Å². The van der Waals surface area contributed by atoms with E-state index in [1.54, 1.807) is 0 Å². The molecule has 3 rings (SSSR count). The van der Waals surface area contributed by atoms with E-state index in [1.807, 2.05) is 48.5 Å². The van der Waals surface area contributed by atoms with E-state index < -0.39 is 0 Å². The number of fused-ring (bicyclic) bond motifs is 1. The molecular weight excluding hydrogens is 391 g/mol. The fourth-order valence-corrected chi connectivity index (χ4v) is 3.03. The fourth-order valence-electron chi connectivity index (χ4n) is 2.48. The van der Waals surface area contributed by atoms with Crippen molar-refractivity contribution in [2.45, 2.75) is 6.54 Å². The second-order valence-corrected chi connectivity index (χ2v) is 6.47. The maximum atomic E-state index is 12.2. The number of anilines is 1. The molecule has 0 aromatic heterocycles. The van der Waals surface area contributed by atoms with Crippen molar-refractivity contribution in [3.05, 3.63) is 57.7 Å². The van der Waals surface area contributed by atoms with Crippen LogP contribution in [0.5, 0.6) is 5.75 Å². The highest BCUT2D eigenvalue weighted by molar-refractivity contribution is 14.1. The molecule has 1 N–H and O–H groups in total. The van der Waals surface area contributed by atoms with Crippen LogP contribution in [-0.2, 0) is 11.3 Å². The summed E-state index contributed by atoms with van der Waals surface area (Å²) < 4.78 is 6.82. The summed E-state index contributed by atoms with van der Waals surface area (Å²) in [5, 5.41) is 2.95. The molecule has 114 valence electrons. The molecule has 1 aliphatic heterocycles. The molecule has 0 atom stereocenters. The molecule has 0 saturated heterocycles. The molecule has 1 aliphatic rings. The summed E-state index contributed by atoms with van der Waals surface area (Å²) in [5.41, 5.74) is 1.96. The Labute approximate surface area is 143 Å². The van der Waals surface area contributed by atoms with Crippen molar-refractivity contribution >= 4 is 34.2 Å². The Hall–Kier alpha value is -1.60. The van der Waals surface area contributed by atoms with Gasteiger partial charge in [0.05, 0.1) is 6.54 Å². The van der Waals surface area contributed by atoms with Crippen molar-refractivity contribution in [3.8, 4) is 5.75 Å². The topological polar surface area (TPSA) is 41.6 Å². The van der Waals surface area contributed by atoms with Gasteiger partial charge in [0.15, 0.2) is 0 Å². The molecule has 0 fully saturated rings. The number of nitrogens with one attached hydrogen (secondary N) is 1. The van der Waals surface area contributed by atoms with Crippen molar-refractivity contribution in [2.75, 3.05) is 25.0 Å².